The zero-order valence-electron chi connectivity index (χ0n) is 19.7. The van der Waals surface area contributed by atoms with Crippen LogP contribution >= 0.6 is 0 Å². The minimum Gasteiger partial charge on any atom is -0.494 e. The molecule has 2 atom stereocenters. The first-order valence-electron chi connectivity index (χ1n) is 12.2. The molecule has 4 rings (SSSR count). The molecule has 2 aromatic rings. The van der Waals surface area contributed by atoms with Crippen molar-refractivity contribution >= 4 is 5.78 Å². The summed E-state index contributed by atoms with van der Waals surface area (Å²) in [5.74, 6) is 0.966. The van der Waals surface area contributed by atoms with Gasteiger partial charge in [0.25, 0.3) is 0 Å². The Labute approximate surface area is 197 Å². The summed E-state index contributed by atoms with van der Waals surface area (Å²) < 4.78 is 17.1. The molecular weight excluding hydrogens is 416 g/mol. The number of Topliss-reactive ketones (excluding diaryl/α,β-unsaturated/α-hetero) is 1. The second-order valence-corrected chi connectivity index (χ2v) is 8.69. The Morgan fingerprint density at radius 3 is 2.09 bits per heavy atom. The summed E-state index contributed by atoms with van der Waals surface area (Å²) in [6.45, 7) is 8.67. The smallest absolute Gasteiger partial charge is 0.181 e. The molecular formula is C27H36N2O4. The van der Waals surface area contributed by atoms with Crippen LogP contribution in [0.1, 0.15) is 41.7 Å². The number of hydrogen-bond acceptors (Lipinski definition) is 6. The topological polar surface area (TPSA) is 51.2 Å². The van der Waals surface area contributed by atoms with Gasteiger partial charge in [-0.3, -0.25) is 14.6 Å². The maximum Gasteiger partial charge on any atom is 0.181 e. The van der Waals surface area contributed by atoms with Crippen molar-refractivity contribution in [3.05, 3.63) is 65.7 Å². The van der Waals surface area contributed by atoms with Crippen LogP contribution in [0.5, 0.6) is 5.75 Å². The molecule has 0 aromatic heterocycles. The molecule has 0 saturated carbocycles. The van der Waals surface area contributed by atoms with Gasteiger partial charge in [0.1, 0.15) is 5.75 Å². The first-order chi connectivity index (χ1) is 16.3. The number of carbonyl (C=O) groups is 1. The highest BCUT2D eigenvalue weighted by Crippen LogP contribution is 2.32. The number of unbranched alkanes of at least 4 members (excludes halogenated alkanes) is 1. The highest BCUT2D eigenvalue weighted by molar-refractivity contribution is 6.00. The normalized spacial score (nSPS) is 19.7. The van der Waals surface area contributed by atoms with E-state index in [1.165, 1.54) is 5.56 Å². The van der Waals surface area contributed by atoms with E-state index in [0.29, 0.717) is 33.0 Å². The second kappa shape index (κ2) is 12.3. The molecule has 0 unspecified atom stereocenters. The van der Waals surface area contributed by atoms with Crippen molar-refractivity contribution < 1.29 is 19.0 Å². The quantitative estimate of drug-likeness (QED) is 0.404. The summed E-state index contributed by atoms with van der Waals surface area (Å²) in [5, 5.41) is 0. The summed E-state index contributed by atoms with van der Waals surface area (Å²) in [7, 11) is 0. The van der Waals surface area contributed by atoms with Gasteiger partial charge in [-0.05, 0) is 36.2 Å². The molecule has 0 aliphatic carbocycles. The van der Waals surface area contributed by atoms with Crippen molar-refractivity contribution in [3.63, 3.8) is 0 Å². The largest absolute Gasteiger partial charge is 0.494 e. The highest BCUT2D eigenvalue weighted by Gasteiger charge is 2.39. The van der Waals surface area contributed by atoms with Gasteiger partial charge >= 0.3 is 0 Å². The fourth-order valence-corrected chi connectivity index (χ4v) is 4.68. The Bertz CT molecular complexity index is 846. The summed E-state index contributed by atoms with van der Waals surface area (Å²) in [6.07, 6.45) is 2.12. The predicted octanol–water partition coefficient (Wildman–Crippen LogP) is 3.82. The van der Waals surface area contributed by atoms with E-state index in [0.717, 1.165) is 50.3 Å². The van der Waals surface area contributed by atoms with Gasteiger partial charge in [0, 0.05) is 31.7 Å². The van der Waals surface area contributed by atoms with Crippen molar-refractivity contribution in [1.29, 1.82) is 0 Å². The lowest BCUT2D eigenvalue weighted by atomic mass is 9.89. The molecule has 0 spiro atoms. The average Bonchev–Trinajstić information content (AvgIpc) is 2.89. The number of ether oxygens (including phenoxy) is 3. The van der Waals surface area contributed by atoms with Crippen LogP contribution in [0.2, 0.25) is 0 Å². The number of rotatable bonds is 10. The van der Waals surface area contributed by atoms with Crippen LogP contribution in [0.25, 0.3) is 0 Å². The van der Waals surface area contributed by atoms with Crippen LogP contribution in [0.3, 0.4) is 0 Å². The average molecular weight is 453 g/mol. The molecule has 2 saturated heterocycles. The van der Waals surface area contributed by atoms with Gasteiger partial charge in [0.2, 0.25) is 0 Å². The van der Waals surface area contributed by atoms with Crippen LogP contribution in [0.4, 0.5) is 0 Å². The summed E-state index contributed by atoms with van der Waals surface area (Å²) in [6, 6.07) is 17.8. The number of hydrogen-bond donors (Lipinski definition) is 0. The fraction of sp³-hybridized carbons (Fsp3) is 0.519. The molecule has 178 valence electrons. The van der Waals surface area contributed by atoms with Crippen molar-refractivity contribution in [3.8, 4) is 5.75 Å². The maximum atomic E-state index is 14.1. The lowest BCUT2D eigenvalue weighted by molar-refractivity contribution is -0.0301. The SMILES string of the molecule is CCCCOc1ccc(C(=O)[C@H]([C@H](c2ccccc2)N2CCOCC2)N2CCOCC2)cc1. The van der Waals surface area contributed by atoms with E-state index in [2.05, 4.69) is 41.0 Å². The summed E-state index contributed by atoms with van der Waals surface area (Å²) in [5.41, 5.74) is 1.90. The van der Waals surface area contributed by atoms with E-state index >= 15 is 0 Å². The predicted molar refractivity (Wildman–Crippen MR) is 129 cm³/mol. The highest BCUT2D eigenvalue weighted by atomic mass is 16.5. The molecule has 2 fully saturated rings. The van der Waals surface area contributed by atoms with Gasteiger partial charge in [-0.15, -0.1) is 0 Å². The number of benzene rings is 2. The number of morpholine rings is 2. The fourth-order valence-electron chi connectivity index (χ4n) is 4.68. The minimum absolute atomic E-state index is 0.0406. The van der Waals surface area contributed by atoms with Crippen LogP contribution in [0.15, 0.2) is 54.6 Å². The minimum atomic E-state index is -0.291. The molecule has 2 aliphatic heterocycles. The number of nitrogens with zero attached hydrogens (tertiary/aromatic N) is 2. The van der Waals surface area contributed by atoms with Crippen LogP contribution in [0, 0.1) is 0 Å². The van der Waals surface area contributed by atoms with E-state index in [1.54, 1.807) is 0 Å². The lowest BCUT2D eigenvalue weighted by Crippen LogP contribution is -2.55. The van der Waals surface area contributed by atoms with Gasteiger partial charge in [0.05, 0.1) is 45.1 Å². The number of carbonyl (C=O) groups excluding carboxylic acids is 1. The molecule has 2 aliphatic rings. The third-order valence-electron chi connectivity index (χ3n) is 6.49. The first-order valence-corrected chi connectivity index (χ1v) is 12.2. The van der Waals surface area contributed by atoms with Crippen LogP contribution < -0.4 is 4.74 Å². The molecule has 6 heteroatoms. The van der Waals surface area contributed by atoms with E-state index in [-0.39, 0.29) is 17.9 Å². The van der Waals surface area contributed by atoms with Crippen LogP contribution in [-0.4, -0.2) is 80.8 Å². The van der Waals surface area contributed by atoms with Gasteiger partial charge < -0.3 is 14.2 Å². The van der Waals surface area contributed by atoms with Gasteiger partial charge in [-0.2, -0.15) is 0 Å². The maximum absolute atomic E-state index is 14.1. The Morgan fingerprint density at radius 2 is 1.48 bits per heavy atom. The van der Waals surface area contributed by atoms with Gasteiger partial charge in [-0.25, -0.2) is 0 Å². The van der Waals surface area contributed by atoms with E-state index < -0.39 is 0 Å². The van der Waals surface area contributed by atoms with E-state index in [1.807, 2.05) is 30.3 Å². The molecule has 2 heterocycles. The Kier molecular flexibility index (Phi) is 8.89. The van der Waals surface area contributed by atoms with Gasteiger partial charge in [0.15, 0.2) is 5.78 Å². The van der Waals surface area contributed by atoms with Crippen molar-refractivity contribution in [2.75, 3.05) is 59.2 Å². The third kappa shape index (κ3) is 6.21. The molecule has 2 aromatic carbocycles. The zero-order valence-corrected chi connectivity index (χ0v) is 19.7. The molecule has 0 radical (unpaired) electrons. The van der Waals surface area contributed by atoms with Crippen LogP contribution in [-0.2, 0) is 9.47 Å². The monoisotopic (exact) mass is 452 g/mol. The van der Waals surface area contributed by atoms with E-state index in [9.17, 15) is 4.79 Å². The Morgan fingerprint density at radius 1 is 0.879 bits per heavy atom. The Hall–Kier alpha value is -2.25. The summed E-state index contributed by atoms with van der Waals surface area (Å²) in [4.78, 5) is 18.8. The lowest BCUT2D eigenvalue weighted by Gasteiger charge is -2.44. The van der Waals surface area contributed by atoms with Gasteiger partial charge in [-0.1, -0.05) is 43.7 Å². The molecule has 6 nitrogen and oxygen atoms in total. The standard InChI is InChI=1S/C27H36N2O4/c1-2-3-17-33-24-11-9-23(10-12-24)27(30)26(29-15-20-32-21-16-29)25(22-7-5-4-6-8-22)28-13-18-31-19-14-28/h4-12,25-26H,2-3,13-21H2,1H3/t25-,26-/m0/s1. The molecule has 0 bridgehead atoms. The first kappa shape index (κ1) is 23.9. The Balaban J connectivity index is 1.64. The van der Waals surface area contributed by atoms with Crippen molar-refractivity contribution in [2.24, 2.45) is 0 Å². The zero-order chi connectivity index (χ0) is 22.9. The van der Waals surface area contributed by atoms with E-state index in [4.69, 9.17) is 14.2 Å². The molecule has 0 N–H and O–H groups in total. The second-order valence-electron chi connectivity index (χ2n) is 8.69. The van der Waals surface area contributed by atoms with Crippen molar-refractivity contribution in [2.45, 2.75) is 31.8 Å². The molecule has 33 heavy (non-hydrogen) atoms. The molecule has 0 amide bonds. The van der Waals surface area contributed by atoms with Crippen molar-refractivity contribution in [1.82, 2.24) is 9.80 Å². The number of ketones is 1. The summed E-state index contributed by atoms with van der Waals surface area (Å²) >= 11 is 0. The third-order valence-corrected chi connectivity index (χ3v) is 6.49.